The molecule has 5 nitrogen and oxygen atoms in total. The van der Waals surface area contributed by atoms with E-state index in [2.05, 4.69) is 5.32 Å². The van der Waals surface area contributed by atoms with Crippen LogP contribution in [0.5, 0.6) is 11.5 Å². The summed E-state index contributed by atoms with van der Waals surface area (Å²) < 4.78 is 10.3. The topological polar surface area (TPSA) is 73.6 Å². The molecule has 5 heteroatoms. The van der Waals surface area contributed by atoms with E-state index in [-0.39, 0.29) is 11.9 Å². The van der Waals surface area contributed by atoms with Gasteiger partial charge in [0, 0.05) is 18.2 Å². The molecule has 0 saturated heterocycles. The molecule has 1 atom stereocenters. The van der Waals surface area contributed by atoms with E-state index < -0.39 is 0 Å². The molecule has 3 N–H and O–H groups in total. The number of benzene rings is 1. The Bertz CT molecular complexity index is 405. The number of amides is 1. The van der Waals surface area contributed by atoms with E-state index in [1.54, 1.807) is 25.3 Å². The summed E-state index contributed by atoms with van der Waals surface area (Å²) in [5, 5.41) is 2.80. The maximum Gasteiger partial charge on any atom is 0.251 e. The van der Waals surface area contributed by atoms with Gasteiger partial charge in [-0.1, -0.05) is 0 Å². The Hall–Kier alpha value is -1.75. The molecule has 1 amide bonds. The first-order chi connectivity index (χ1) is 8.58. The number of hydrogen-bond acceptors (Lipinski definition) is 4. The van der Waals surface area contributed by atoms with Gasteiger partial charge in [0.1, 0.15) is 0 Å². The Morgan fingerprint density at radius 2 is 2.00 bits per heavy atom. The first-order valence-corrected chi connectivity index (χ1v) is 5.84. The van der Waals surface area contributed by atoms with Crippen molar-refractivity contribution in [2.45, 2.75) is 19.4 Å². The fraction of sp³-hybridized carbons (Fsp3) is 0.462. The largest absolute Gasteiger partial charge is 0.493 e. The average Bonchev–Trinajstić information content (AvgIpc) is 2.37. The Morgan fingerprint density at radius 3 is 2.56 bits per heavy atom. The summed E-state index contributed by atoms with van der Waals surface area (Å²) in [6.07, 6.45) is 0.749. The monoisotopic (exact) mass is 252 g/mol. The number of hydrogen-bond donors (Lipinski definition) is 2. The first-order valence-electron chi connectivity index (χ1n) is 5.84. The molecular formula is C13H20N2O3. The van der Waals surface area contributed by atoms with E-state index in [9.17, 15) is 4.79 Å². The molecule has 0 aliphatic carbocycles. The predicted molar refractivity (Wildman–Crippen MR) is 70.1 cm³/mol. The molecule has 0 aliphatic heterocycles. The third-order valence-electron chi connectivity index (χ3n) is 2.53. The minimum Gasteiger partial charge on any atom is -0.493 e. The predicted octanol–water partition coefficient (Wildman–Crippen LogP) is 1.17. The Labute approximate surface area is 107 Å². The van der Waals surface area contributed by atoms with Crippen molar-refractivity contribution in [2.24, 2.45) is 5.73 Å². The van der Waals surface area contributed by atoms with Crippen molar-refractivity contribution in [1.29, 1.82) is 0 Å². The normalized spacial score (nSPS) is 11.8. The van der Waals surface area contributed by atoms with Crippen LogP contribution in [0.2, 0.25) is 0 Å². The summed E-state index contributed by atoms with van der Waals surface area (Å²) in [4.78, 5) is 11.8. The van der Waals surface area contributed by atoms with Crippen LogP contribution in [-0.4, -0.2) is 32.7 Å². The van der Waals surface area contributed by atoms with Crippen molar-refractivity contribution in [3.63, 3.8) is 0 Å². The van der Waals surface area contributed by atoms with E-state index in [4.69, 9.17) is 15.2 Å². The fourth-order valence-corrected chi connectivity index (χ4v) is 1.49. The second-order valence-electron chi connectivity index (χ2n) is 4.09. The summed E-state index contributed by atoms with van der Waals surface area (Å²) in [5.41, 5.74) is 6.15. The third-order valence-corrected chi connectivity index (χ3v) is 2.53. The van der Waals surface area contributed by atoms with Gasteiger partial charge in [0.25, 0.3) is 5.91 Å². The van der Waals surface area contributed by atoms with Gasteiger partial charge in [-0.15, -0.1) is 0 Å². The molecule has 0 spiro atoms. The Balaban J connectivity index is 2.68. The molecular weight excluding hydrogens is 232 g/mol. The molecule has 1 aromatic rings. The van der Waals surface area contributed by atoms with Crippen LogP contribution >= 0.6 is 0 Å². The molecule has 100 valence electrons. The molecule has 0 fully saturated rings. The molecule has 1 rings (SSSR count). The van der Waals surface area contributed by atoms with Gasteiger partial charge in [0.05, 0.1) is 14.2 Å². The molecule has 1 unspecified atom stereocenters. The molecule has 0 bridgehead atoms. The van der Waals surface area contributed by atoms with Crippen molar-refractivity contribution in [3.8, 4) is 11.5 Å². The highest BCUT2D eigenvalue weighted by Gasteiger charge is 2.10. The summed E-state index contributed by atoms with van der Waals surface area (Å²) in [5.74, 6) is 0.999. The first kappa shape index (κ1) is 14.3. The maximum absolute atomic E-state index is 11.8. The van der Waals surface area contributed by atoms with Crippen LogP contribution < -0.4 is 20.5 Å². The van der Waals surface area contributed by atoms with Gasteiger partial charge >= 0.3 is 0 Å². The molecule has 0 aliphatic rings. The zero-order valence-electron chi connectivity index (χ0n) is 11.0. The van der Waals surface area contributed by atoms with Crippen molar-refractivity contribution in [2.75, 3.05) is 20.8 Å². The fourth-order valence-electron chi connectivity index (χ4n) is 1.49. The number of nitrogens with one attached hydrogen (secondary N) is 1. The summed E-state index contributed by atoms with van der Waals surface area (Å²) >= 11 is 0. The summed E-state index contributed by atoms with van der Waals surface area (Å²) in [6.45, 7) is 2.47. The molecule has 0 radical (unpaired) electrons. The van der Waals surface area contributed by atoms with Gasteiger partial charge in [0.2, 0.25) is 0 Å². The minimum atomic E-state index is -0.142. The smallest absolute Gasteiger partial charge is 0.251 e. The number of ether oxygens (including phenoxy) is 2. The number of methoxy groups -OCH3 is 2. The lowest BCUT2D eigenvalue weighted by atomic mass is 10.2. The summed E-state index contributed by atoms with van der Waals surface area (Å²) in [7, 11) is 3.09. The van der Waals surface area contributed by atoms with Crippen LogP contribution in [0.1, 0.15) is 23.7 Å². The lowest BCUT2D eigenvalue weighted by Gasteiger charge is -2.10. The van der Waals surface area contributed by atoms with Crippen LogP contribution in [0.3, 0.4) is 0 Å². The minimum absolute atomic E-state index is 0.0794. The highest BCUT2D eigenvalue weighted by Crippen LogP contribution is 2.27. The van der Waals surface area contributed by atoms with Crippen molar-refractivity contribution >= 4 is 5.91 Å². The van der Waals surface area contributed by atoms with Gasteiger partial charge in [-0.05, 0) is 31.5 Å². The number of carbonyl (C=O) groups is 1. The Kier molecular flexibility index (Phi) is 5.45. The number of nitrogens with two attached hydrogens (primary N) is 1. The van der Waals surface area contributed by atoms with Crippen molar-refractivity contribution in [1.82, 2.24) is 5.32 Å². The molecule has 0 aromatic heterocycles. The third kappa shape index (κ3) is 3.92. The van der Waals surface area contributed by atoms with E-state index in [1.807, 2.05) is 6.92 Å². The van der Waals surface area contributed by atoms with Crippen LogP contribution in [0.15, 0.2) is 18.2 Å². The zero-order chi connectivity index (χ0) is 13.5. The second-order valence-corrected chi connectivity index (χ2v) is 4.09. The average molecular weight is 252 g/mol. The van der Waals surface area contributed by atoms with Gasteiger partial charge in [0.15, 0.2) is 11.5 Å². The highest BCUT2D eigenvalue weighted by atomic mass is 16.5. The molecule has 1 aromatic carbocycles. The van der Waals surface area contributed by atoms with Gasteiger partial charge < -0.3 is 20.5 Å². The molecule has 0 heterocycles. The Morgan fingerprint density at radius 1 is 1.33 bits per heavy atom. The number of rotatable bonds is 6. The SMILES string of the molecule is COc1ccc(C(=O)NCCC(C)N)cc1OC. The number of carbonyl (C=O) groups excluding carboxylic acids is 1. The van der Waals surface area contributed by atoms with E-state index in [0.717, 1.165) is 6.42 Å². The van der Waals surface area contributed by atoms with E-state index >= 15 is 0 Å². The van der Waals surface area contributed by atoms with Crippen LogP contribution in [0.4, 0.5) is 0 Å². The maximum atomic E-state index is 11.8. The zero-order valence-corrected chi connectivity index (χ0v) is 11.0. The lowest BCUT2D eigenvalue weighted by Crippen LogP contribution is -2.28. The van der Waals surface area contributed by atoms with E-state index in [1.165, 1.54) is 7.11 Å². The lowest BCUT2D eigenvalue weighted by molar-refractivity contribution is 0.0952. The van der Waals surface area contributed by atoms with Gasteiger partial charge in [-0.2, -0.15) is 0 Å². The van der Waals surface area contributed by atoms with Gasteiger partial charge in [-0.3, -0.25) is 4.79 Å². The van der Waals surface area contributed by atoms with Crippen molar-refractivity contribution in [3.05, 3.63) is 23.8 Å². The van der Waals surface area contributed by atoms with Crippen molar-refractivity contribution < 1.29 is 14.3 Å². The standard InChI is InChI=1S/C13H20N2O3/c1-9(14)6-7-15-13(16)10-4-5-11(17-2)12(8-10)18-3/h4-5,8-9H,6-7,14H2,1-3H3,(H,15,16). The second kappa shape index (κ2) is 6.86. The molecule has 18 heavy (non-hydrogen) atoms. The van der Waals surface area contributed by atoms with Gasteiger partial charge in [-0.25, -0.2) is 0 Å². The van der Waals surface area contributed by atoms with Crippen LogP contribution in [-0.2, 0) is 0 Å². The molecule has 0 saturated carbocycles. The van der Waals surface area contributed by atoms with Crippen LogP contribution in [0, 0.1) is 0 Å². The quantitative estimate of drug-likeness (QED) is 0.797. The summed E-state index contributed by atoms with van der Waals surface area (Å²) in [6, 6.07) is 5.14. The van der Waals surface area contributed by atoms with E-state index in [0.29, 0.717) is 23.6 Å². The highest BCUT2D eigenvalue weighted by molar-refractivity contribution is 5.94. The van der Waals surface area contributed by atoms with Crippen LogP contribution in [0.25, 0.3) is 0 Å².